The molecule has 0 bridgehead atoms. The predicted octanol–water partition coefficient (Wildman–Crippen LogP) is 0.779. The predicted molar refractivity (Wildman–Crippen MR) is 47.3 cm³/mol. The number of carbonyl (C=O) groups is 3. The van der Waals surface area contributed by atoms with Crippen molar-refractivity contribution in [3.63, 3.8) is 0 Å². The Morgan fingerprint density at radius 1 is 0.812 bits per heavy atom. The second-order valence-corrected chi connectivity index (χ2v) is 2.64. The van der Waals surface area contributed by atoms with Crippen LogP contribution in [0, 0.1) is 0 Å². The molecular weight excluding hydrogens is 399 g/mol. The van der Waals surface area contributed by atoms with Crippen LogP contribution < -0.4 is 0 Å². The molecule has 0 atom stereocenters. The standard InChI is InChI=1S/C9H6O6.Pt/c10-7(11)4-2-1-3-5(8(12)13)6(4)9(14)15;/h1-3H,(H,10,11)(H,12,13)(H,14,15);. The molecule has 16 heavy (non-hydrogen) atoms. The van der Waals surface area contributed by atoms with Crippen LogP contribution in [0.1, 0.15) is 31.1 Å². The molecule has 0 aliphatic heterocycles. The van der Waals surface area contributed by atoms with Crippen molar-refractivity contribution in [2.45, 2.75) is 0 Å². The summed E-state index contributed by atoms with van der Waals surface area (Å²) in [7, 11) is 0. The number of benzene rings is 1. The maximum absolute atomic E-state index is 10.7. The number of aromatic carboxylic acids is 3. The molecule has 0 heterocycles. The summed E-state index contributed by atoms with van der Waals surface area (Å²) in [6.45, 7) is 0. The van der Waals surface area contributed by atoms with E-state index in [1.807, 2.05) is 0 Å². The van der Waals surface area contributed by atoms with Crippen molar-refractivity contribution in [3.8, 4) is 0 Å². The van der Waals surface area contributed by atoms with Gasteiger partial charge in [0.1, 0.15) is 0 Å². The van der Waals surface area contributed by atoms with E-state index >= 15 is 0 Å². The molecule has 0 saturated carbocycles. The zero-order valence-electron chi connectivity index (χ0n) is 7.61. The maximum atomic E-state index is 10.7. The van der Waals surface area contributed by atoms with Gasteiger partial charge in [0.15, 0.2) is 0 Å². The van der Waals surface area contributed by atoms with E-state index in [9.17, 15) is 14.4 Å². The average molecular weight is 405 g/mol. The molecule has 0 radical (unpaired) electrons. The van der Waals surface area contributed by atoms with Crippen LogP contribution in [0.2, 0.25) is 0 Å². The Labute approximate surface area is 104 Å². The van der Waals surface area contributed by atoms with Gasteiger partial charge in [0.25, 0.3) is 0 Å². The molecule has 88 valence electrons. The van der Waals surface area contributed by atoms with E-state index in [0.29, 0.717) is 0 Å². The largest absolute Gasteiger partial charge is 0.478 e. The van der Waals surface area contributed by atoms with Crippen LogP contribution in [0.3, 0.4) is 0 Å². The van der Waals surface area contributed by atoms with E-state index in [0.717, 1.165) is 12.1 Å². The summed E-state index contributed by atoms with van der Waals surface area (Å²) < 4.78 is 0. The van der Waals surface area contributed by atoms with Crippen molar-refractivity contribution in [2.24, 2.45) is 0 Å². The third kappa shape index (κ3) is 2.67. The zero-order valence-corrected chi connectivity index (χ0v) is 9.89. The third-order valence-corrected chi connectivity index (χ3v) is 1.74. The molecule has 1 aromatic rings. The number of carboxylic acids is 3. The Hall–Kier alpha value is -1.68. The van der Waals surface area contributed by atoms with Crippen molar-refractivity contribution in [2.75, 3.05) is 0 Å². The Balaban J connectivity index is 0.00000225. The van der Waals surface area contributed by atoms with Gasteiger partial charge in [-0.15, -0.1) is 0 Å². The number of hydrogen-bond acceptors (Lipinski definition) is 3. The SMILES string of the molecule is O=C(O)c1cccc(C(=O)O)c1C(=O)O.[Pt]. The molecule has 0 aliphatic rings. The molecule has 0 aliphatic carbocycles. The molecule has 0 amide bonds. The molecule has 7 heteroatoms. The van der Waals surface area contributed by atoms with Gasteiger partial charge in [-0.2, -0.15) is 0 Å². The first-order chi connectivity index (χ1) is 6.95. The first-order valence-electron chi connectivity index (χ1n) is 3.78. The van der Waals surface area contributed by atoms with Gasteiger partial charge in [-0.05, 0) is 12.1 Å². The van der Waals surface area contributed by atoms with E-state index in [4.69, 9.17) is 15.3 Å². The van der Waals surface area contributed by atoms with Gasteiger partial charge in [-0.1, -0.05) is 6.07 Å². The van der Waals surface area contributed by atoms with Crippen molar-refractivity contribution < 1.29 is 50.8 Å². The molecular formula is C9H6O6Pt. The molecule has 1 rings (SSSR count). The summed E-state index contributed by atoms with van der Waals surface area (Å²) in [5, 5.41) is 26.0. The number of carboxylic acid groups (broad SMARTS) is 3. The second-order valence-electron chi connectivity index (χ2n) is 2.64. The van der Waals surface area contributed by atoms with E-state index < -0.39 is 34.6 Å². The summed E-state index contributed by atoms with van der Waals surface area (Å²) in [4.78, 5) is 32.0. The molecule has 3 N–H and O–H groups in total. The number of hydrogen-bond donors (Lipinski definition) is 3. The fraction of sp³-hybridized carbons (Fsp3) is 0. The molecule has 6 nitrogen and oxygen atoms in total. The Bertz CT molecular complexity index is 421. The fourth-order valence-corrected chi connectivity index (χ4v) is 1.14. The smallest absolute Gasteiger partial charge is 0.337 e. The minimum absolute atomic E-state index is 0. The Morgan fingerprint density at radius 3 is 1.44 bits per heavy atom. The molecule has 0 aromatic heterocycles. The monoisotopic (exact) mass is 405 g/mol. The second kappa shape index (κ2) is 5.42. The minimum Gasteiger partial charge on any atom is -0.478 e. The van der Waals surface area contributed by atoms with Gasteiger partial charge in [0.2, 0.25) is 0 Å². The average Bonchev–Trinajstić information content (AvgIpc) is 2.16. The van der Waals surface area contributed by atoms with Crippen LogP contribution in [-0.4, -0.2) is 33.2 Å². The van der Waals surface area contributed by atoms with Crippen LogP contribution in [-0.2, 0) is 21.1 Å². The molecule has 0 unspecified atom stereocenters. The zero-order chi connectivity index (χ0) is 11.6. The van der Waals surface area contributed by atoms with Crippen molar-refractivity contribution >= 4 is 17.9 Å². The van der Waals surface area contributed by atoms with Crippen molar-refractivity contribution in [3.05, 3.63) is 34.9 Å². The van der Waals surface area contributed by atoms with Gasteiger partial charge in [-0.25, -0.2) is 14.4 Å². The molecule has 1 aromatic carbocycles. The van der Waals surface area contributed by atoms with Crippen LogP contribution in [0.15, 0.2) is 18.2 Å². The van der Waals surface area contributed by atoms with Crippen molar-refractivity contribution in [1.82, 2.24) is 0 Å². The van der Waals surface area contributed by atoms with E-state index in [-0.39, 0.29) is 21.1 Å². The first-order valence-corrected chi connectivity index (χ1v) is 3.78. The number of rotatable bonds is 3. The van der Waals surface area contributed by atoms with Crippen LogP contribution >= 0.6 is 0 Å². The Kier molecular flexibility index (Phi) is 4.85. The van der Waals surface area contributed by atoms with Crippen LogP contribution in [0.4, 0.5) is 0 Å². The molecule has 0 fully saturated rings. The van der Waals surface area contributed by atoms with Gasteiger partial charge in [-0.3, -0.25) is 0 Å². The Morgan fingerprint density at radius 2 is 1.19 bits per heavy atom. The first kappa shape index (κ1) is 14.3. The van der Waals surface area contributed by atoms with E-state index in [1.165, 1.54) is 6.07 Å². The van der Waals surface area contributed by atoms with Crippen molar-refractivity contribution in [1.29, 1.82) is 0 Å². The van der Waals surface area contributed by atoms with E-state index in [2.05, 4.69) is 0 Å². The van der Waals surface area contributed by atoms with Gasteiger partial charge in [0.05, 0.1) is 16.7 Å². The summed E-state index contributed by atoms with van der Waals surface area (Å²) in [5.41, 5.74) is -1.79. The summed E-state index contributed by atoms with van der Waals surface area (Å²) >= 11 is 0. The van der Waals surface area contributed by atoms with Gasteiger partial charge >= 0.3 is 17.9 Å². The summed E-state index contributed by atoms with van der Waals surface area (Å²) in [6.07, 6.45) is 0. The summed E-state index contributed by atoms with van der Waals surface area (Å²) in [6, 6.07) is 3.26. The van der Waals surface area contributed by atoms with Crippen LogP contribution in [0.25, 0.3) is 0 Å². The normalized spacial score (nSPS) is 9.00. The van der Waals surface area contributed by atoms with Gasteiger partial charge in [0, 0.05) is 21.1 Å². The van der Waals surface area contributed by atoms with E-state index in [1.54, 1.807) is 0 Å². The molecule has 0 spiro atoms. The topological polar surface area (TPSA) is 112 Å². The molecule has 0 saturated heterocycles. The fourth-order valence-electron chi connectivity index (χ4n) is 1.14. The maximum Gasteiger partial charge on any atom is 0.337 e. The third-order valence-electron chi connectivity index (χ3n) is 1.74. The van der Waals surface area contributed by atoms with Gasteiger partial charge < -0.3 is 15.3 Å². The minimum atomic E-state index is -1.58. The quantitative estimate of drug-likeness (QED) is 0.686. The van der Waals surface area contributed by atoms with Crippen LogP contribution in [0.5, 0.6) is 0 Å². The summed E-state index contributed by atoms with van der Waals surface area (Å²) in [5.74, 6) is -4.53.